The molecule has 2 aromatic rings. The van der Waals surface area contributed by atoms with Crippen molar-refractivity contribution < 1.29 is 9.53 Å². The summed E-state index contributed by atoms with van der Waals surface area (Å²) in [5.41, 5.74) is 2.16. The van der Waals surface area contributed by atoms with Gasteiger partial charge in [-0.25, -0.2) is 15.0 Å². The first-order valence-electron chi connectivity index (χ1n) is 7.86. The van der Waals surface area contributed by atoms with Crippen LogP contribution in [0, 0.1) is 0 Å². The number of amides is 1. The summed E-state index contributed by atoms with van der Waals surface area (Å²) in [4.78, 5) is 28.5. The Morgan fingerprint density at radius 2 is 2.08 bits per heavy atom. The second-order valence-corrected chi connectivity index (χ2v) is 6.12. The third kappa shape index (κ3) is 3.38. The molecule has 24 heavy (non-hydrogen) atoms. The third-order valence-electron chi connectivity index (χ3n) is 4.11. The number of fused-ring (bicyclic) bond motifs is 1. The summed E-state index contributed by atoms with van der Waals surface area (Å²) < 4.78 is 7.69. The van der Waals surface area contributed by atoms with Gasteiger partial charge in [0, 0.05) is 51.7 Å². The molecule has 0 spiro atoms. The molecule has 2 aromatic heterocycles. The average Bonchev–Trinajstić information content (AvgIpc) is 2.96. The average molecular weight is 330 g/mol. The molecule has 0 N–H and O–H groups in total. The van der Waals surface area contributed by atoms with E-state index in [0.29, 0.717) is 19.1 Å². The number of ether oxygens (including phenoxy) is 1. The van der Waals surface area contributed by atoms with Crippen molar-refractivity contribution in [1.29, 1.82) is 0 Å². The van der Waals surface area contributed by atoms with Gasteiger partial charge in [-0.15, -0.1) is 0 Å². The number of aryl methyl sites for hydroxylation is 1. The van der Waals surface area contributed by atoms with Gasteiger partial charge in [-0.3, -0.25) is 4.79 Å². The molecule has 128 valence electrons. The smallest absolute Gasteiger partial charge is 0.248 e. The fourth-order valence-corrected chi connectivity index (χ4v) is 2.89. The molecular weight excluding hydrogens is 308 g/mol. The number of anilines is 1. The molecule has 1 atom stereocenters. The maximum Gasteiger partial charge on any atom is 0.248 e. The number of hydrogen-bond donors (Lipinski definition) is 0. The van der Waals surface area contributed by atoms with Crippen molar-refractivity contribution in [2.75, 3.05) is 38.8 Å². The van der Waals surface area contributed by atoms with E-state index in [1.165, 1.54) is 4.90 Å². The molecule has 0 saturated carbocycles. The van der Waals surface area contributed by atoms with E-state index in [1.54, 1.807) is 32.6 Å². The lowest BCUT2D eigenvalue weighted by Crippen LogP contribution is -2.38. The normalized spacial score (nSPS) is 16.8. The lowest BCUT2D eigenvalue weighted by Gasteiger charge is -2.32. The number of aromatic nitrogens is 4. The summed E-state index contributed by atoms with van der Waals surface area (Å²) in [7, 11) is 5.43. The number of likely N-dealkylation sites (N-methyl/N-ethyl adjacent to an activating group) is 1. The Balaban J connectivity index is 1.74. The second kappa shape index (κ2) is 6.96. The van der Waals surface area contributed by atoms with E-state index in [9.17, 15) is 4.79 Å². The van der Waals surface area contributed by atoms with Crippen molar-refractivity contribution in [3.8, 4) is 0 Å². The number of rotatable bonds is 5. The van der Waals surface area contributed by atoms with Gasteiger partial charge in [0.15, 0.2) is 0 Å². The summed E-state index contributed by atoms with van der Waals surface area (Å²) in [6, 6.07) is 1.80. The molecule has 1 amide bonds. The van der Waals surface area contributed by atoms with Crippen molar-refractivity contribution >= 4 is 11.9 Å². The molecule has 8 heteroatoms. The molecule has 3 heterocycles. The highest BCUT2D eigenvalue weighted by molar-refractivity contribution is 5.76. The van der Waals surface area contributed by atoms with Crippen LogP contribution < -0.4 is 4.90 Å². The Bertz CT molecular complexity index is 700. The zero-order valence-corrected chi connectivity index (χ0v) is 14.2. The molecule has 0 radical (unpaired) electrons. The highest BCUT2D eigenvalue weighted by Gasteiger charge is 2.30. The molecule has 3 rings (SSSR count). The van der Waals surface area contributed by atoms with E-state index in [4.69, 9.17) is 4.74 Å². The van der Waals surface area contributed by atoms with E-state index in [1.807, 2.05) is 17.9 Å². The molecule has 1 aliphatic heterocycles. The van der Waals surface area contributed by atoms with Crippen LogP contribution in [0.15, 0.2) is 24.8 Å². The number of nitrogens with zero attached hydrogens (tertiary/aromatic N) is 6. The minimum Gasteiger partial charge on any atom is -0.371 e. The molecule has 0 aliphatic carbocycles. The lowest BCUT2D eigenvalue weighted by atomic mass is 9.99. The largest absolute Gasteiger partial charge is 0.371 e. The highest BCUT2D eigenvalue weighted by Crippen LogP contribution is 2.29. The van der Waals surface area contributed by atoms with Crippen molar-refractivity contribution in [3.63, 3.8) is 0 Å². The third-order valence-corrected chi connectivity index (χ3v) is 4.11. The van der Waals surface area contributed by atoms with Crippen LogP contribution in [0.5, 0.6) is 0 Å². The van der Waals surface area contributed by atoms with Crippen LogP contribution in [-0.2, 0) is 23.1 Å². The van der Waals surface area contributed by atoms with Gasteiger partial charge in [0.1, 0.15) is 6.61 Å². The molecule has 1 aliphatic rings. The topological polar surface area (TPSA) is 76.4 Å². The van der Waals surface area contributed by atoms with Gasteiger partial charge in [0.2, 0.25) is 11.9 Å². The summed E-state index contributed by atoms with van der Waals surface area (Å²) in [5.74, 6) is 0.752. The first-order valence-corrected chi connectivity index (χ1v) is 7.86. The molecular formula is C16H22N6O2. The Labute approximate surface area is 141 Å². The maximum atomic E-state index is 11.7. The van der Waals surface area contributed by atoms with Crippen LogP contribution in [0.2, 0.25) is 0 Å². The monoisotopic (exact) mass is 330 g/mol. The van der Waals surface area contributed by atoms with Crippen molar-refractivity contribution in [1.82, 2.24) is 24.4 Å². The number of imidazole rings is 1. The predicted molar refractivity (Wildman–Crippen MR) is 88.5 cm³/mol. The van der Waals surface area contributed by atoms with E-state index >= 15 is 0 Å². The Morgan fingerprint density at radius 3 is 2.79 bits per heavy atom. The predicted octanol–water partition coefficient (Wildman–Crippen LogP) is 0.419. The van der Waals surface area contributed by atoms with Gasteiger partial charge in [-0.2, -0.15) is 0 Å². The Kier molecular flexibility index (Phi) is 4.75. The molecule has 0 bridgehead atoms. The van der Waals surface area contributed by atoms with Crippen LogP contribution in [-0.4, -0.2) is 64.2 Å². The van der Waals surface area contributed by atoms with Crippen molar-refractivity contribution in [3.05, 3.63) is 36.2 Å². The van der Waals surface area contributed by atoms with Gasteiger partial charge in [0.05, 0.1) is 25.2 Å². The van der Waals surface area contributed by atoms with E-state index in [-0.39, 0.29) is 18.4 Å². The summed E-state index contributed by atoms with van der Waals surface area (Å²) >= 11 is 0. The summed E-state index contributed by atoms with van der Waals surface area (Å²) in [5, 5.41) is 0. The standard InChI is InChI=1S/C16H22N6O2/c1-20(2)14(23)10-24-9-12-7-22(16-17-5-4-6-18-16)8-13-15(12)21(3)11-19-13/h4-6,11-12H,7-10H2,1-3H3. The van der Waals surface area contributed by atoms with Crippen LogP contribution in [0.3, 0.4) is 0 Å². The van der Waals surface area contributed by atoms with Crippen LogP contribution in [0.4, 0.5) is 5.95 Å². The number of carbonyl (C=O) groups is 1. The van der Waals surface area contributed by atoms with E-state index in [0.717, 1.165) is 17.9 Å². The Hall–Kier alpha value is -2.48. The maximum absolute atomic E-state index is 11.7. The molecule has 8 nitrogen and oxygen atoms in total. The van der Waals surface area contributed by atoms with Gasteiger partial charge in [-0.1, -0.05) is 0 Å². The number of hydrogen-bond acceptors (Lipinski definition) is 6. The van der Waals surface area contributed by atoms with Gasteiger partial charge >= 0.3 is 0 Å². The first kappa shape index (κ1) is 16.4. The van der Waals surface area contributed by atoms with Crippen molar-refractivity contribution in [2.45, 2.75) is 12.5 Å². The van der Waals surface area contributed by atoms with E-state index in [2.05, 4.69) is 19.9 Å². The first-order chi connectivity index (χ1) is 11.6. The van der Waals surface area contributed by atoms with Crippen LogP contribution in [0.25, 0.3) is 0 Å². The zero-order valence-electron chi connectivity index (χ0n) is 14.2. The van der Waals surface area contributed by atoms with Gasteiger partial charge in [-0.05, 0) is 6.07 Å². The molecule has 0 saturated heterocycles. The fraction of sp³-hybridized carbons (Fsp3) is 0.500. The lowest BCUT2D eigenvalue weighted by molar-refractivity contribution is -0.133. The quantitative estimate of drug-likeness (QED) is 0.791. The van der Waals surface area contributed by atoms with Crippen LogP contribution >= 0.6 is 0 Å². The zero-order chi connectivity index (χ0) is 17.1. The second-order valence-electron chi connectivity index (χ2n) is 6.12. The van der Waals surface area contributed by atoms with E-state index < -0.39 is 0 Å². The minimum atomic E-state index is -0.0423. The SMILES string of the molecule is CN(C)C(=O)COCC1CN(c2ncccn2)Cc2ncn(C)c21. The van der Waals surface area contributed by atoms with Gasteiger partial charge < -0.3 is 19.1 Å². The summed E-state index contributed by atoms with van der Waals surface area (Å²) in [6.07, 6.45) is 5.28. The summed E-state index contributed by atoms with van der Waals surface area (Å²) in [6.45, 7) is 1.94. The number of carbonyl (C=O) groups excluding carboxylic acids is 1. The Morgan fingerprint density at radius 1 is 1.33 bits per heavy atom. The van der Waals surface area contributed by atoms with Crippen molar-refractivity contribution in [2.24, 2.45) is 7.05 Å². The fourth-order valence-electron chi connectivity index (χ4n) is 2.89. The minimum absolute atomic E-state index is 0.0423. The highest BCUT2D eigenvalue weighted by atomic mass is 16.5. The molecule has 1 unspecified atom stereocenters. The molecule has 0 fully saturated rings. The van der Waals surface area contributed by atoms with Gasteiger partial charge in [0.25, 0.3) is 0 Å². The van der Waals surface area contributed by atoms with Crippen LogP contribution in [0.1, 0.15) is 17.3 Å². The molecule has 0 aromatic carbocycles.